The number of furan rings is 1. The summed E-state index contributed by atoms with van der Waals surface area (Å²) in [5.74, 6) is 2.71. The molecule has 0 bridgehead atoms. The van der Waals surface area contributed by atoms with Gasteiger partial charge in [0.1, 0.15) is 11.5 Å². The molecule has 0 saturated carbocycles. The SMILES string of the molecule is CCCNCc1ccc(CSc2nc(C)cc(C)n2)o1. The third kappa shape index (κ3) is 4.65. The molecule has 2 heterocycles. The molecule has 0 atom stereocenters. The molecule has 0 radical (unpaired) electrons. The van der Waals surface area contributed by atoms with E-state index in [0.717, 1.165) is 53.3 Å². The highest BCUT2D eigenvalue weighted by atomic mass is 32.2. The number of rotatable bonds is 7. The molecule has 2 rings (SSSR count). The quantitative estimate of drug-likeness (QED) is 0.481. The Morgan fingerprint density at radius 1 is 1.15 bits per heavy atom. The molecule has 0 unspecified atom stereocenters. The molecular weight excluding hydrogens is 270 g/mol. The molecule has 4 nitrogen and oxygen atoms in total. The Balaban J connectivity index is 1.87. The minimum absolute atomic E-state index is 0.761. The Labute approximate surface area is 124 Å². The van der Waals surface area contributed by atoms with Crippen LogP contribution in [-0.4, -0.2) is 16.5 Å². The fourth-order valence-electron chi connectivity index (χ4n) is 1.88. The Hall–Kier alpha value is -1.33. The van der Waals surface area contributed by atoms with E-state index in [2.05, 4.69) is 22.2 Å². The summed E-state index contributed by atoms with van der Waals surface area (Å²) >= 11 is 1.61. The molecule has 2 aromatic heterocycles. The van der Waals surface area contributed by atoms with Crippen LogP contribution in [0.15, 0.2) is 27.8 Å². The average molecular weight is 291 g/mol. The largest absolute Gasteiger partial charge is 0.464 e. The molecule has 2 aromatic rings. The lowest BCUT2D eigenvalue weighted by atomic mass is 10.4. The van der Waals surface area contributed by atoms with Crippen molar-refractivity contribution in [3.8, 4) is 0 Å². The maximum atomic E-state index is 5.77. The summed E-state index contributed by atoms with van der Waals surface area (Å²) in [6.07, 6.45) is 1.13. The molecule has 108 valence electrons. The highest BCUT2D eigenvalue weighted by Crippen LogP contribution is 2.21. The third-order valence-corrected chi connectivity index (χ3v) is 3.62. The fourth-order valence-corrected chi connectivity index (χ4v) is 2.72. The monoisotopic (exact) mass is 291 g/mol. The van der Waals surface area contributed by atoms with Crippen LogP contribution in [0.4, 0.5) is 0 Å². The number of nitrogens with zero attached hydrogens (tertiary/aromatic N) is 2. The van der Waals surface area contributed by atoms with Gasteiger partial charge < -0.3 is 9.73 Å². The summed E-state index contributed by atoms with van der Waals surface area (Å²) in [7, 11) is 0. The first kappa shape index (κ1) is 15.1. The van der Waals surface area contributed by atoms with E-state index in [1.165, 1.54) is 0 Å². The van der Waals surface area contributed by atoms with Crippen LogP contribution in [0.3, 0.4) is 0 Å². The zero-order chi connectivity index (χ0) is 14.4. The lowest BCUT2D eigenvalue weighted by Gasteiger charge is -2.02. The number of aromatic nitrogens is 2. The summed E-state index contributed by atoms with van der Waals surface area (Å²) in [6.45, 7) is 7.94. The maximum Gasteiger partial charge on any atom is 0.188 e. The summed E-state index contributed by atoms with van der Waals surface area (Å²) < 4.78 is 5.77. The summed E-state index contributed by atoms with van der Waals surface area (Å²) in [5.41, 5.74) is 2.01. The van der Waals surface area contributed by atoms with E-state index in [-0.39, 0.29) is 0 Å². The van der Waals surface area contributed by atoms with Crippen molar-refractivity contribution in [3.05, 3.63) is 41.1 Å². The van der Waals surface area contributed by atoms with Gasteiger partial charge >= 0.3 is 0 Å². The first-order chi connectivity index (χ1) is 9.67. The topological polar surface area (TPSA) is 51.0 Å². The second-order valence-corrected chi connectivity index (χ2v) is 5.71. The molecule has 0 aromatic carbocycles. The summed E-state index contributed by atoms with van der Waals surface area (Å²) in [5, 5.41) is 4.14. The highest BCUT2D eigenvalue weighted by molar-refractivity contribution is 7.98. The van der Waals surface area contributed by atoms with Gasteiger partial charge in [0, 0.05) is 11.4 Å². The Kier molecular flexibility index (Phi) is 5.61. The van der Waals surface area contributed by atoms with E-state index >= 15 is 0 Å². The molecule has 0 fully saturated rings. The lowest BCUT2D eigenvalue weighted by Crippen LogP contribution is -2.12. The van der Waals surface area contributed by atoms with E-state index in [1.54, 1.807) is 11.8 Å². The molecule has 0 saturated heterocycles. The lowest BCUT2D eigenvalue weighted by molar-refractivity contribution is 0.459. The van der Waals surface area contributed by atoms with Crippen LogP contribution in [-0.2, 0) is 12.3 Å². The summed E-state index contributed by atoms with van der Waals surface area (Å²) in [6, 6.07) is 6.04. The van der Waals surface area contributed by atoms with E-state index in [4.69, 9.17) is 4.42 Å². The number of aryl methyl sites for hydroxylation is 2. The minimum Gasteiger partial charge on any atom is -0.464 e. The molecule has 0 amide bonds. The van der Waals surface area contributed by atoms with Crippen molar-refractivity contribution >= 4 is 11.8 Å². The minimum atomic E-state index is 0.761. The molecule has 20 heavy (non-hydrogen) atoms. The zero-order valence-corrected chi connectivity index (χ0v) is 13.1. The van der Waals surface area contributed by atoms with Crippen LogP contribution in [0.1, 0.15) is 36.3 Å². The van der Waals surface area contributed by atoms with Crippen molar-refractivity contribution < 1.29 is 4.42 Å². The standard InChI is InChI=1S/C15H21N3OS/c1-4-7-16-9-13-5-6-14(19-13)10-20-15-17-11(2)8-12(3)18-15/h5-6,8,16H,4,7,9-10H2,1-3H3. The van der Waals surface area contributed by atoms with Gasteiger partial charge in [-0.25, -0.2) is 9.97 Å². The van der Waals surface area contributed by atoms with Gasteiger partial charge in [-0.05, 0) is 45.0 Å². The second-order valence-electron chi connectivity index (χ2n) is 4.77. The predicted octanol–water partition coefficient (Wildman–Crippen LogP) is 3.48. The number of hydrogen-bond acceptors (Lipinski definition) is 5. The van der Waals surface area contributed by atoms with Gasteiger partial charge in [0.15, 0.2) is 5.16 Å². The maximum absolute atomic E-state index is 5.77. The summed E-state index contributed by atoms with van der Waals surface area (Å²) in [4.78, 5) is 8.83. The van der Waals surface area contributed by atoms with Crippen molar-refractivity contribution in [2.75, 3.05) is 6.54 Å². The zero-order valence-electron chi connectivity index (χ0n) is 12.3. The van der Waals surface area contributed by atoms with Gasteiger partial charge in [-0.15, -0.1) is 0 Å². The highest BCUT2D eigenvalue weighted by Gasteiger charge is 2.05. The van der Waals surface area contributed by atoms with Crippen molar-refractivity contribution in [1.29, 1.82) is 0 Å². The van der Waals surface area contributed by atoms with E-state index < -0.39 is 0 Å². The fraction of sp³-hybridized carbons (Fsp3) is 0.467. The Bertz CT molecular complexity index is 534. The molecule has 0 spiro atoms. The molecule has 0 aliphatic carbocycles. The van der Waals surface area contributed by atoms with Crippen LogP contribution in [0.2, 0.25) is 0 Å². The van der Waals surface area contributed by atoms with E-state index in [9.17, 15) is 0 Å². The number of nitrogens with one attached hydrogen (secondary N) is 1. The van der Waals surface area contributed by atoms with Crippen LogP contribution in [0, 0.1) is 13.8 Å². The third-order valence-electron chi connectivity index (χ3n) is 2.75. The molecule has 1 N–H and O–H groups in total. The van der Waals surface area contributed by atoms with E-state index in [0.29, 0.717) is 0 Å². The van der Waals surface area contributed by atoms with Crippen LogP contribution < -0.4 is 5.32 Å². The van der Waals surface area contributed by atoms with Crippen LogP contribution in [0.5, 0.6) is 0 Å². The number of hydrogen-bond donors (Lipinski definition) is 1. The Morgan fingerprint density at radius 3 is 2.55 bits per heavy atom. The van der Waals surface area contributed by atoms with Crippen molar-refractivity contribution in [2.45, 2.75) is 44.6 Å². The van der Waals surface area contributed by atoms with Gasteiger partial charge in [0.2, 0.25) is 0 Å². The predicted molar refractivity (Wildman–Crippen MR) is 81.8 cm³/mol. The van der Waals surface area contributed by atoms with Crippen LogP contribution >= 0.6 is 11.8 Å². The van der Waals surface area contributed by atoms with Gasteiger partial charge in [-0.2, -0.15) is 0 Å². The molecule has 5 heteroatoms. The first-order valence-electron chi connectivity index (χ1n) is 6.90. The molecular formula is C15H21N3OS. The Morgan fingerprint density at radius 2 is 1.85 bits per heavy atom. The van der Waals surface area contributed by atoms with Crippen molar-refractivity contribution in [2.24, 2.45) is 0 Å². The molecule has 0 aliphatic rings. The smallest absolute Gasteiger partial charge is 0.188 e. The first-order valence-corrected chi connectivity index (χ1v) is 7.89. The molecule has 0 aliphatic heterocycles. The van der Waals surface area contributed by atoms with Gasteiger partial charge in [0.25, 0.3) is 0 Å². The average Bonchev–Trinajstić information content (AvgIpc) is 2.84. The van der Waals surface area contributed by atoms with Gasteiger partial charge in [-0.3, -0.25) is 0 Å². The van der Waals surface area contributed by atoms with Crippen molar-refractivity contribution in [3.63, 3.8) is 0 Å². The second kappa shape index (κ2) is 7.45. The normalized spacial score (nSPS) is 10.9. The number of thioether (sulfide) groups is 1. The van der Waals surface area contributed by atoms with Crippen molar-refractivity contribution in [1.82, 2.24) is 15.3 Å². The van der Waals surface area contributed by atoms with Gasteiger partial charge in [0.05, 0.1) is 12.3 Å². The van der Waals surface area contributed by atoms with E-state index in [1.807, 2.05) is 32.0 Å². The van der Waals surface area contributed by atoms with Crippen LogP contribution in [0.25, 0.3) is 0 Å². The van der Waals surface area contributed by atoms with Gasteiger partial charge in [-0.1, -0.05) is 18.7 Å².